The predicted molar refractivity (Wildman–Crippen MR) is 122 cm³/mol. The van der Waals surface area contributed by atoms with Crippen molar-refractivity contribution in [3.8, 4) is 17.2 Å². The van der Waals surface area contributed by atoms with Gasteiger partial charge in [-0.1, -0.05) is 107 Å². The van der Waals surface area contributed by atoms with Gasteiger partial charge < -0.3 is 9.84 Å². The fraction of sp³-hybridized carbons (Fsp3) is 0.520. The summed E-state index contributed by atoms with van der Waals surface area (Å²) < 4.78 is 38.3. The van der Waals surface area contributed by atoms with Crippen LogP contribution in [0.1, 0.15) is 83.1 Å². The second kappa shape index (κ2) is 15.7. The number of rotatable bonds is 15. The van der Waals surface area contributed by atoms with Gasteiger partial charge in [0.25, 0.3) is 10.1 Å². The summed E-state index contributed by atoms with van der Waals surface area (Å²) in [5, 5.41) is 12.4. The van der Waals surface area contributed by atoms with Gasteiger partial charge >= 0.3 is 29.6 Å². The Bertz CT molecular complexity index is 899. The topological polar surface area (TPSA) is 86.7 Å². The Morgan fingerprint density at radius 3 is 1.97 bits per heavy atom. The maximum Gasteiger partial charge on any atom is 1.00 e. The number of aryl methyl sites for hydroxylation is 1. The van der Waals surface area contributed by atoms with Crippen LogP contribution in [0, 0.1) is 0 Å². The van der Waals surface area contributed by atoms with Crippen molar-refractivity contribution in [2.45, 2.75) is 88.9 Å². The summed E-state index contributed by atoms with van der Waals surface area (Å²) in [6.45, 7) is 2.24. The second-order valence-electron chi connectivity index (χ2n) is 8.05. The van der Waals surface area contributed by atoms with Crippen LogP contribution in [-0.2, 0) is 16.5 Å². The third kappa shape index (κ3) is 10.3. The second-order valence-corrected chi connectivity index (χ2v) is 9.44. The van der Waals surface area contributed by atoms with Gasteiger partial charge in [0, 0.05) is 0 Å². The van der Waals surface area contributed by atoms with Gasteiger partial charge in [-0.25, -0.2) is 0 Å². The summed E-state index contributed by atoms with van der Waals surface area (Å²) in [6, 6.07) is 10.7. The van der Waals surface area contributed by atoms with E-state index in [1.54, 1.807) is 12.1 Å². The molecule has 0 aliphatic carbocycles. The van der Waals surface area contributed by atoms with Crippen LogP contribution >= 0.6 is 0 Å². The van der Waals surface area contributed by atoms with Crippen LogP contribution in [0.25, 0.3) is 0 Å². The first-order chi connectivity index (χ1) is 14.9. The molecule has 2 aromatic carbocycles. The number of ether oxygens (including phenoxy) is 1. The molecule has 32 heavy (non-hydrogen) atoms. The normalized spacial score (nSPS) is 11.2. The van der Waals surface area contributed by atoms with E-state index in [9.17, 15) is 18.1 Å². The van der Waals surface area contributed by atoms with E-state index in [0.717, 1.165) is 18.4 Å². The summed E-state index contributed by atoms with van der Waals surface area (Å²) in [5.74, 6) is -0.218. The molecule has 0 radical (unpaired) electrons. The monoisotopic (exact) mass is 470 g/mol. The molecule has 0 aliphatic rings. The van der Waals surface area contributed by atoms with Crippen molar-refractivity contribution in [1.82, 2.24) is 0 Å². The van der Waals surface area contributed by atoms with E-state index in [2.05, 4.69) is 6.92 Å². The molecule has 0 amide bonds. The first-order valence-electron chi connectivity index (χ1n) is 11.5. The van der Waals surface area contributed by atoms with Gasteiger partial charge in [0.05, 0.1) is 0 Å². The Hall–Kier alpha value is -1.05. The van der Waals surface area contributed by atoms with Crippen molar-refractivity contribution in [2.24, 2.45) is 0 Å². The standard InChI is InChI=1S/C25H36O5S.Na/c1-2-3-4-5-6-7-8-9-10-11-12-16-21-17-15-18-22(26)25(21)30-23-19-13-14-20-24(23)31(27,28)29;/h13-15,17-20,26H,2-12,16H2,1H3,(H,27,28,29);/q;+1/p-1. The number of benzene rings is 2. The first kappa shape index (κ1) is 29.0. The fourth-order valence-corrected chi connectivity index (χ4v) is 4.33. The van der Waals surface area contributed by atoms with Gasteiger partial charge in [-0.05, 0) is 30.5 Å². The van der Waals surface area contributed by atoms with Gasteiger partial charge in [0.1, 0.15) is 16.4 Å². The average molecular weight is 471 g/mol. The van der Waals surface area contributed by atoms with Gasteiger partial charge in [-0.15, -0.1) is 0 Å². The molecule has 0 saturated carbocycles. The third-order valence-corrected chi connectivity index (χ3v) is 6.34. The van der Waals surface area contributed by atoms with Crippen molar-refractivity contribution < 1.29 is 52.4 Å². The van der Waals surface area contributed by atoms with Gasteiger partial charge in [-0.3, -0.25) is 4.55 Å². The Labute approximate surface area is 215 Å². The van der Waals surface area contributed by atoms with E-state index in [-0.39, 0.29) is 51.7 Å². The molecule has 0 atom stereocenters. The fourth-order valence-electron chi connectivity index (χ4n) is 3.71. The predicted octanol–water partition coefficient (Wildman–Crippen LogP) is 3.66. The summed E-state index contributed by atoms with van der Waals surface area (Å²) in [5.41, 5.74) is 0.758. The Balaban J connectivity index is 0.00000512. The molecule has 1 N–H and O–H groups in total. The number of unbranched alkanes of at least 4 members (excludes halogenated alkanes) is 10. The molecule has 172 valence electrons. The number of hydrogen-bond acceptors (Lipinski definition) is 4. The molecule has 0 heterocycles. The molecule has 2 aromatic rings. The minimum Gasteiger partial charge on any atom is -0.870 e. The van der Waals surface area contributed by atoms with Gasteiger partial charge in [-0.2, -0.15) is 8.42 Å². The van der Waals surface area contributed by atoms with Crippen LogP contribution < -0.4 is 39.4 Å². The van der Waals surface area contributed by atoms with E-state index < -0.39 is 10.1 Å². The smallest absolute Gasteiger partial charge is 0.870 e. The molecule has 0 saturated heterocycles. The third-order valence-electron chi connectivity index (χ3n) is 5.45. The molecule has 5 nitrogen and oxygen atoms in total. The minimum absolute atomic E-state index is 0. The zero-order valence-electron chi connectivity index (χ0n) is 19.5. The molecular weight excluding hydrogens is 435 g/mol. The maximum atomic E-state index is 12.4. The Morgan fingerprint density at radius 2 is 1.38 bits per heavy atom. The summed E-state index contributed by atoms with van der Waals surface area (Å²) in [7, 11) is -4.45. The van der Waals surface area contributed by atoms with Crippen molar-refractivity contribution in [2.75, 3.05) is 0 Å². The zero-order valence-corrected chi connectivity index (χ0v) is 22.3. The largest absolute Gasteiger partial charge is 1.00 e. The molecule has 0 unspecified atom stereocenters. The summed E-state index contributed by atoms with van der Waals surface area (Å²) in [6.07, 6.45) is 14.4. The summed E-state index contributed by atoms with van der Waals surface area (Å²) >= 11 is 0. The van der Waals surface area contributed by atoms with Crippen molar-refractivity contribution >= 4 is 10.1 Å². The van der Waals surface area contributed by atoms with Crippen LogP contribution in [0.15, 0.2) is 47.4 Å². The van der Waals surface area contributed by atoms with Gasteiger partial charge in [0.15, 0.2) is 0 Å². The molecule has 7 heteroatoms. The SMILES string of the molecule is CCCCCCCCCCCCCc1cccc([O-])c1Oc1ccccc1S(=O)(=O)O.[Na+]. The van der Waals surface area contributed by atoms with E-state index in [4.69, 9.17) is 4.74 Å². The van der Waals surface area contributed by atoms with Gasteiger partial charge in [0.2, 0.25) is 0 Å². The molecule has 0 aromatic heterocycles. The van der Waals surface area contributed by atoms with Crippen molar-refractivity contribution in [3.05, 3.63) is 48.0 Å². The Kier molecular flexibility index (Phi) is 14.2. The zero-order chi connectivity index (χ0) is 22.5. The molecule has 0 aliphatic heterocycles. The van der Waals surface area contributed by atoms with Crippen LogP contribution in [-0.4, -0.2) is 13.0 Å². The van der Waals surface area contributed by atoms with E-state index in [0.29, 0.717) is 6.42 Å². The molecule has 0 bridgehead atoms. The minimum atomic E-state index is -4.45. The molecule has 0 spiro atoms. The number of hydrogen-bond donors (Lipinski definition) is 1. The quantitative estimate of drug-likeness (QED) is 0.244. The maximum absolute atomic E-state index is 12.4. The number of para-hydroxylation sites is 2. The van der Waals surface area contributed by atoms with Crippen molar-refractivity contribution in [1.29, 1.82) is 0 Å². The van der Waals surface area contributed by atoms with Crippen LogP contribution in [0.2, 0.25) is 0 Å². The molecule has 2 rings (SSSR count). The Morgan fingerprint density at radius 1 is 0.812 bits per heavy atom. The molecular formula is C25H35NaO5S. The van der Waals surface area contributed by atoms with Crippen molar-refractivity contribution in [3.63, 3.8) is 0 Å². The average Bonchev–Trinajstić information content (AvgIpc) is 2.74. The van der Waals surface area contributed by atoms with Crippen LogP contribution in [0.4, 0.5) is 0 Å². The first-order valence-corrected chi connectivity index (χ1v) is 12.9. The van der Waals surface area contributed by atoms with E-state index in [1.165, 1.54) is 82.1 Å². The van der Waals surface area contributed by atoms with E-state index >= 15 is 0 Å². The van der Waals surface area contributed by atoms with Crippen LogP contribution in [0.3, 0.4) is 0 Å². The summed E-state index contributed by atoms with van der Waals surface area (Å²) in [4.78, 5) is -0.348. The van der Waals surface area contributed by atoms with E-state index in [1.807, 2.05) is 6.07 Å². The molecule has 0 fully saturated rings. The van der Waals surface area contributed by atoms with Crippen LogP contribution in [0.5, 0.6) is 17.2 Å².